The molecule has 0 amide bonds. The van der Waals surface area contributed by atoms with Crippen LogP contribution in [0.1, 0.15) is 25.0 Å². The summed E-state index contributed by atoms with van der Waals surface area (Å²) in [6, 6.07) is 18.6. The number of anilines is 1. The second kappa shape index (κ2) is 6.98. The van der Waals surface area contributed by atoms with Gasteiger partial charge in [0.05, 0.1) is 5.52 Å². The van der Waals surface area contributed by atoms with Crippen LogP contribution < -0.4 is 4.90 Å². The van der Waals surface area contributed by atoms with Gasteiger partial charge in [0.25, 0.3) is 0 Å². The van der Waals surface area contributed by atoms with Crippen LogP contribution in [-0.4, -0.2) is 18.1 Å². The molecule has 0 saturated carbocycles. The van der Waals surface area contributed by atoms with Gasteiger partial charge in [-0.25, -0.2) is 0 Å². The van der Waals surface area contributed by atoms with Gasteiger partial charge in [-0.3, -0.25) is 4.98 Å². The zero-order valence-corrected chi connectivity index (χ0v) is 13.6. The zero-order chi connectivity index (χ0) is 16.1. The Balaban J connectivity index is 1.82. The minimum Gasteiger partial charge on any atom is -0.372 e. The first-order valence-corrected chi connectivity index (χ1v) is 8.02. The van der Waals surface area contributed by atoms with Gasteiger partial charge in [-0.05, 0) is 50.2 Å². The maximum absolute atomic E-state index is 4.44. The molecule has 0 aliphatic carbocycles. The predicted octanol–water partition coefficient (Wildman–Crippen LogP) is 4.48. The number of fused-ring (bicyclic) bond motifs is 1. The van der Waals surface area contributed by atoms with Crippen LogP contribution in [0.25, 0.3) is 10.9 Å². The molecule has 114 valence electrons. The molecule has 1 heterocycles. The second-order valence-corrected chi connectivity index (χ2v) is 5.39. The highest BCUT2D eigenvalue weighted by molar-refractivity contribution is 5.79. The monoisotopic (exact) mass is 300 g/mol. The van der Waals surface area contributed by atoms with Crippen molar-refractivity contribution in [3.8, 4) is 11.8 Å². The molecule has 2 nitrogen and oxygen atoms in total. The Morgan fingerprint density at radius 2 is 1.57 bits per heavy atom. The zero-order valence-electron chi connectivity index (χ0n) is 13.6. The molecule has 0 unspecified atom stereocenters. The van der Waals surface area contributed by atoms with Crippen molar-refractivity contribution >= 4 is 16.6 Å². The first-order valence-electron chi connectivity index (χ1n) is 8.02. The van der Waals surface area contributed by atoms with Crippen molar-refractivity contribution in [1.82, 2.24) is 4.98 Å². The highest BCUT2D eigenvalue weighted by Crippen LogP contribution is 2.15. The maximum atomic E-state index is 4.44. The average Bonchev–Trinajstić information content (AvgIpc) is 2.62. The van der Waals surface area contributed by atoms with E-state index in [4.69, 9.17) is 0 Å². The van der Waals surface area contributed by atoms with Gasteiger partial charge < -0.3 is 4.90 Å². The summed E-state index contributed by atoms with van der Waals surface area (Å²) >= 11 is 0. The van der Waals surface area contributed by atoms with E-state index < -0.39 is 0 Å². The molecular weight excluding hydrogens is 280 g/mol. The van der Waals surface area contributed by atoms with Crippen LogP contribution in [0.4, 0.5) is 5.69 Å². The summed E-state index contributed by atoms with van der Waals surface area (Å²) in [5, 5.41) is 1.12. The topological polar surface area (TPSA) is 16.1 Å². The molecule has 0 fully saturated rings. The fourth-order valence-electron chi connectivity index (χ4n) is 2.63. The van der Waals surface area contributed by atoms with Gasteiger partial charge >= 0.3 is 0 Å². The van der Waals surface area contributed by atoms with Gasteiger partial charge in [-0.1, -0.05) is 30.0 Å². The average molecular weight is 300 g/mol. The number of benzene rings is 2. The Morgan fingerprint density at radius 3 is 2.30 bits per heavy atom. The third kappa shape index (κ3) is 3.52. The number of pyridine rings is 1. The van der Waals surface area contributed by atoms with Gasteiger partial charge in [-0.2, -0.15) is 0 Å². The van der Waals surface area contributed by atoms with Crippen molar-refractivity contribution in [3.63, 3.8) is 0 Å². The summed E-state index contributed by atoms with van der Waals surface area (Å²) in [6.07, 6.45) is 1.83. The fraction of sp³-hybridized carbons (Fsp3) is 0.190. The van der Waals surface area contributed by atoms with Crippen LogP contribution in [-0.2, 0) is 0 Å². The van der Waals surface area contributed by atoms with Crippen molar-refractivity contribution in [2.75, 3.05) is 18.0 Å². The molecule has 2 aromatic carbocycles. The van der Waals surface area contributed by atoms with Crippen LogP contribution in [0.15, 0.2) is 60.8 Å². The van der Waals surface area contributed by atoms with Gasteiger partial charge in [0.15, 0.2) is 0 Å². The molecule has 23 heavy (non-hydrogen) atoms. The molecule has 3 rings (SSSR count). The quantitative estimate of drug-likeness (QED) is 0.663. The minimum absolute atomic E-state index is 0.941. The SMILES string of the molecule is CCN(CC)c1ccc(C#Cc2cnc3ccccc3c2)cc1. The molecule has 0 N–H and O–H groups in total. The van der Waals surface area contributed by atoms with Crippen LogP contribution in [0.2, 0.25) is 0 Å². The molecule has 0 aliphatic heterocycles. The van der Waals surface area contributed by atoms with Crippen molar-refractivity contribution in [2.24, 2.45) is 0 Å². The van der Waals surface area contributed by atoms with Gasteiger partial charge in [0.2, 0.25) is 0 Å². The van der Waals surface area contributed by atoms with Crippen molar-refractivity contribution in [2.45, 2.75) is 13.8 Å². The Hall–Kier alpha value is -2.79. The first-order chi connectivity index (χ1) is 11.3. The fourth-order valence-corrected chi connectivity index (χ4v) is 2.63. The molecule has 2 heteroatoms. The lowest BCUT2D eigenvalue weighted by atomic mass is 10.1. The van der Waals surface area contributed by atoms with Gasteiger partial charge in [0, 0.05) is 41.5 Å². The number of hydrogen-bond acceptors (Lipinski definition) is 2. The molecule has 0 bridgehead atoms. The molecule has 0 saturated heterocycles. The number of aromatic nitrogens is 1. The second-order valence-electron chi connectivity index (χ2n) is 5.39. The molecule has 1 aromatic heterocycles. The summed E-state index contributed by atoms with van der Waals surface area (Å²) in [4.78, 5) is 6.77. The Bertz CT molecular complexity index is 850. The molecule has 0 spiro atoms. The van der Waals surface area contributed by atoms with Gasteiger partial charge in [-0.15, -0.1) is 0 Å². The van der Waals surface area contributed by atoms with Crippen molar-refractivity contribution in [3.05, 3.63) is 71.9 Å². The first kappa shape index (κ1) is 15.1. The van der Waals surface area contributed by atoms with E-state index in [2.05, 4.69) is 72.0 Å². The summed E-state index contributed by atoms with van der Waals surface area (Å²) in [6.45, 7) is 6.38. The lowest BCUT2D eigenvalue weighted by molar-refractivity contribution is 0.866. The maximum Gasteiger partial charge on any atom is 0.0702 e. The summed E-state index contributed by atoms with van der Waals surface area (Å²) < 4.78 is 0. The number of hydrogen-bond donors (Lipinski definition) is 0. The van der Waals surface area contributed by atoms with E-state index in [0.717, 1.165) is 35.1 Å². The van der Waals surface area contributed by atoms with Crippen LogP contribution >= 0.6 is 0 Å². The number of para-hydroxylation sites is 1. The Kier molecular flexibility index (Phi) is 4.59. The third-order valence-electron chi connectivity index (χ3n) is 3.94. The molecular formula is C21H20N2. The predicted molar refractivity (Wildman–Crippen MR) is 97.7 cm³/mol. The highest BCUT2D eigenvalue weighted by Gasteiger charge is 2.00. The van der Waals surface area contributed by atoms with E-state index in [-0.39, 0.29) is 0 Å². The molecule has 0 atom stereocenters. The van der Waals surface area contributed by atoms with E-state index in [9.17, 15) is 0 Å². The molecule has 0 aliphatic rings. The van der Waals surface area contributed by atoms with E-state index in [1.54, 1.807) is 0 Å². The number of nitrogens with zero attached hydrogens (tertiary/aromatic N) is 2. The van der Waals surface area contributed by atoms with Crippen LogP contribution in [0.3, 0.4) is 0 Å². The number of rotatable bonds is 3. The van der Waals surface area contributed by atoms with Crippen molar-refractivity contribution in [1.29, 1.82) is 0 Å². The van der Waals surface area contributed by atoms with E-state index in [1.165, 1.54) is 5.69 Å². The van der Waals surface area contributed by atoms with Crippen molar-refractivity contribution < 1.29 is 0 Å². The van der Waals surface area contributed by atoms with Crippen LogP contribution in [0, 0.1) is 11.8 Å². The largest absolute Gasteiger partial charge is 0.372 e. The summed E-state index contributed by atoms with van der Waals surface area (Å²) in [5.74, 6) is 6.42. The summed E-state index contributed by atoms with van der Waals surface area (Å²) in [5.41, 5.74) is 4.21. The van der Waals surface area contributed by atoms with Crippen LogP contribution in [0.5, 0.6) is 0 Å². The van der Waals surface area contributed by atoms with E-state index in [1.807, 2.05) is 24.4 Å². The smallest absolute Gasteiger partial charge is 0.0702 e. The lowest BCUT2D eigenvalue weighted by Gasteiger charge is -2.20. The Labute approximate surface area is 137 Å². The van der Waals surface area contributed by atoms with E-state index in [0.29, 0.717) is 0 Å². The molecule has 3 aromatic rings. The minimum atomic E-state index is 0.941. The van der Waals surface area contributed by atoms with Gasteiger partial charge in [0.1, 0.15) is 0 Å². The standard InChI is InChI=1S/C21H20N2/c1-3-23(4-2)20-13-11-17(12-14-20)9-10-18-15-19-7-5-6-8-21(19)22-16-18/h5-8,11-16H,3-4H2,1-2H3. The summed E-state index contributed by atoms with van der Waals surface area (Å²) in [7, 11) is 0. The molecule has 0 radical (unpaired) electrons. The third-order valence-corrected chi connectivity index (χ3v) is 3.94. The Morgan fingerprint density at radius 1 is 0.870 bits per heavy atom. The van der Waals surface area contributed by atoms with E-state index >= 15 is 0 Å². The normalized spacial score (nSPS) is 10.2. The lowest BCUT2D eigenvalue weighted by Crippen LogP contribution is -2.21. The highest BCUT2D eigenvalue weighted by atomic mass is 15.1.